The molecule has 9 nitrogen and oxygen atoms in total. The lowest BCUT2D eigenvalue weighted by Crippen LogP contribution is -2.74. The Balaban J connectivity index is 1.15. The third-order valence-electron chi connectivity index (χ3n) is 5.66. The Kier molecular flexibility index (Phi) is 4.34. The second kappa shape index (κ2) is 6.83. The fourth-order valence-corrected chi connectivity index (χ4v) is 4.14. The number of amides is 2. The highest BCUT2D eigenvalue weighted by atomic mass is 19.4. The van der Waals surface area contributed by atoms with Gasteiger partial charge in [0.25, 0.3) is 0 Å². The molecule has 3 saturated heterocycles. The molecule has 0 aliphatic carbocycles. The zero-order valence-electron chi connectivity index (χ0n) is 15.9. The van der Waals surface area contributed by atoms with Gasteiger partial charge in [0.2, 0.25) is 5.82 Å². The minimum absolute atomic E-state index is 0.0724. The molecule has 0 atom stereocenters. The van der Waals surface area contributed by atoms with E-state index in [2.05, 4.69) is 24.5 Å². The number of likely N-dealkylation sites (tertiary alicyclic amines) is 1. The lowest BCUT2D eigenvalue weighted by molar-refractivity contribution is -0.159. The van der Waals surface area contributed by atoms with Crippen LogP contribution in [0.15, 0.2) is 22.9 Å². The standard InChI is InChI=1S/C18H19F3N6O3/c19-18(20,21)15-23-14(24-30-15)12-1-2-13(22-7-12)26-8-17(9-26)10-27(11-17)16(28)25-3-5-29-6-4-25/h1-2,7H,3-6,8-11H2. The quantitative estimate of drug-likeness (QED) is 0.726. The molecule has 0 radical (unpaired) electrons. The highest BCUT2D eigenvalue weighted by Gasteiger charge is 2.54. The van der Waals surface area contributed by atoms with Crippen LogP contribution in [0.3, 0.4) is 0 Å². The van der Waals surface area contributed by atoms with Crippen molar-refractivity contribution in [2.45, 2.75) is 6.18 Å². The van der Waals surface area contributed by atoms with Gasteiger partial charge in [0, 0.05) is 56.4 Å². The SMILES string of the molecule is O=C(N1CCOCC1)N1CC2(C1)CN(c1ccc(-c3noc(C(F)(F)F)n3)cn1)C2. The Morgan fingerprint density at radius 3 is 2.40 bits per heavy atom. The molecule has 3 fully saturated rings. The molecule has 2 aromatic heterocycles. The van der Waals surface area contributed by atoms with Gasteiger partial charge in [0.1, 0.15) is 5.82 Å². The number of morpholine rings is 1. The second-order valence-electron chi connectivity index (χ2n) is 7.92. The summed E-state index contributed by atoms with van der Waals surface area (Å²) in [4.78, 5) is 25.9. The number of ether oxygens (including phenoxy) is 1. The number of carbonyl (C=O) groups is 1. The highest BCUT2D eigenvalue weighted by molar-refractivity contribution is 5.76. The van der Waals surface area contributed by atoms with E-state index in [1.165, 1.54) is 6.20 Å². The van der Waals surface area contributed by atoms with Gasteiger partial charge in [-0.15, -0.1) is 0 Å². The first-order chi connectivity index (χ1) is 14.3. The van der Waals surface area contributed by atoms with Gasteiger partial charge in [-0.3, -0.25) is 0 Å². The van der Waals surface area contributed by atoms with Gasteiger partial charge in [-0.2, -0.15) is 18.2 Å². The molecule has 12 heteroatoms. The van der Waals surface area contributed by atoms with Crippen LogP contribution in [0.1, 0.15) is 5.89 Å². The summed E-state index contributed by atoms with van der Waals surface area (Å²) < 4.78 is 47.3. The molecule has 3 aliphatic heterocycles. The minimum atomic E-state index is -4.68. The first-order valence-corrected chi connectivity index (χ1v) is 9.57. The van der Waals surface area contributed by atoms with Gasteiger partial charge in [0.05, 0.1) is 13.2 Å². The molecule has 1 spiro atoms. The molecule has 3 aliphatic rings. The number of halogens is 3. The number of hydrogen-bond donors (Lipinski definition) is 0. The summed E-state index contributed by atoms with van der Waals surface area (Å²) in [5, 5.41) is 3.36. The predicted octanol–water partition coefficient (Wildman–Crippen LogP) is 1.72. The smallest absolute Gasteiger partial charge is 0.378 e. The normalized spacial score (nSPS) is 20.8. The number of anilines is 1. The van der Waals surface area contributed by atoms with Crippen LogP contribution in [0, 0.1) is 5.41 Å². The van der Waals surface area contributed by atoms with Crippen molar-refractivity contribution >= 4 is 11.8 Å². The summed E-state index contributed by atoms with van der Waals surface area (Å²) in [6.45, 7) is 5.45. The number of nitrogens with zero attached hydrogens (tertiary/aromatic N) is 6. The number of urea groups is 1. The summed E-state index contributed by atoms with van der Waals surface area (Å²) in [6.07, 6.45) is -3.25. The molecule has 5 rings (SSSR count). The Bertz CT molecular complexity index is 927. The van der Waals surface area contributed by atoms with Gasteiger partial charge in [-0.05, 0) is 12.1 Å². The molecular formula is C18H19F3N6O3. The van der Waals surface area contributed by atoms with Crippen molar-refractivity contribution in [1.29, 1.82) is 0 Å². The summed E-state index contributed by atoms with van der Waals surface area (Å²) >= 11 is 0. The van der Waals surface area contributed by atoms with E-state index in [1.807, 2.05) is 9.80 Å². The predicted molar refractivity (Wildman–Crippen MR) is 96.5 cm³/mol. The van der Waals surface area contributed by atoms with Crippen molar-refractivity contribution in [3.8, 4) is 11.4 Å². The van der Waals surface area contributed by atoms with Crippen LogP contribution < -0.4 is 4.90 Å². The van der Waals surface area contributed by atoms with E-state index in [9.17, 15) is 18.0 Å². The number of pyridine rings is 1. The van der Waals surface area contributed by atoms with Gasteiger partial charge < -0.3 is 24.0 Å². The zero-order chi connectivity index (χ0) is 20.9. The molecule has 2 amide bonds. The third kappa shape index (κ3) is 3.34. The molecule has 0 bridgehead atoms. The van der Waals surface area contributed by atoms with E-state index >= 15 is 0 Å². The average molecular weight is 424 g/mol. The van der Waals surface area contributed by atoms with Gasteiger partial charge in [-0.25, -0.2) is 9.78 Å². The molecule has 5 heterocycles. The Hall–Kier alpha value is -2.89. The molecule has 0 saturated carbocycles. The summed E-state index contributed by atoms with van der Waals surface area (Å²) in [5.41, 5.74) is 0.441. The lowest BCUT2D eigenvalue weighted by atomic mass is 9.73. The van der Waals surface area contributed by atoms with Crippen molar-refractivity contribution in [1.82, 2.24) is 24.9 Å². The fraction of sp³-hybridized carbons (Fsp3) is 0.556. The average Bonchev–Trinajstić information content (AvgIpc) is 3.17. The summed E-state index contributed by atoms with van der Waals surface area (Å²) in [6, 6.07) is 3.41. The minimum Gasteiger partial charge on any atom is -0.378 e. The van der Waals surface area contributed by atoms with E-state index in [0.29, 0.717) is 31.9 Å². The molecule has 0 aromatic carbocycles. The molecule has 30 heavy (non-hydrogen) atoms. The fourth-order valence-electron chi connectivity index (χ4n) is 4.14. The number of aromatic nitrogens is 3. The maximum Gasteiger partial charge on any atom is 0.471 e. The van der Waals surface area contributed by atoms with E-state index in [-0.39, 0.29) is 17.3 Å². The van der Waals surface area contributed by atoms with E-state index < -0.39 is 12.1 Å². The van der Waals surface area contributed by atoms with Crippen LogP contribution >= 0.6 is 0 Å². The number of hydrogen-bond acceptors (Lipinski definition) is 7. The third-order valence-corrected chi connectivity index (χ3v) is 5.66. The molecular weight excluding hydrogens is 405 g/mol. The topological polar surface area (TPSA) is 87.8 Å². The Morgan fingerprint density at radius 1 is 1.07 bits per heavy atom. The zero-order valence-corrected chi connectivity index (χ0v) is 15.9. The van der Waals surface area contributed by atoms with Crippen LogP contribution in [0.4, 0.5) is 23.8 Å². The first-order valence-electron chi connectivity index (χ1n) is 9.57. The van der Waals surface area contributed by atoms with Gasteiger partial charge >= 0.3 is 18.1 Å². The van der Waals surface area contributed by atoms with Crippen LogP contribution in [-0.4, -0.2) is 83.4 Å². The number of alkyl halides is 3. The van der Waals surface area contributed by atoms with Crippen molar-refractivity contribution < 1.29 is 27.2 Å². The van der Waals surface area contributed by atoms with E-state index in [4.69, 9.17) is 4.74 Å². The van der Waals surface area contributed by atoms with Gasteiger partial charge in [-0.1, -0.05) is 5.16 Å². The van der Waals surface area contributed by atoms with E-state index in [1.54, 1.807) is 12.1 Å². The largest absolute Gasteiger partial charge is 0.471 e. The van der Waals surface area contributed by atoms with Crippen LogP contribution in [0.2, 0.25) is 0 Å². The highest BCUT2D eigenvalue weighted by Crippen LogP contribution is 2.42. The van der Waals surface area contributed by atoms with E-state index in [0.717, 1.165) is 32.0 Å². The second-order valence-corrected chi connectivity index (χ2v) is 7.92. The van der Waals surface area contributed by atoms with Crippen LogP contribution in [0.25, 0.3) is 11.4 Å². The summed E-state index contributed by atoms with van der Waals surface area (Å²) in [5.74, 6) is -0.813. The van der Waals surface area contributed by atoms with Crippen molar-refractivity contribution in [3.05, 3.63) is 24.2 Å². The molecule has 160 valence electrons. The number of carbonyl (C=O) groups excluding carboxylic acids is 1. The van der Waals surface area contributed by atoms with Crippen LogP contribution in [-0.2, 0) is 10.9 Å². The maximum atomic E-state index is 12.6. The first kappa shape index (κ1) is 19.1. The molecule has 2 aromatic rings. The number of rotatable bonds is 2. The summed E-state index contributed by atoms with van der Waals surface area (Å²) in [7, 11) is 0. The van der Waals surface area contributed by atoms with Crippen molar-refractivity contribution in [2.75, 3.05) is 57.4 Å². The molecule has 0 N–H and O–H groups in total. The molecule has 0 unspecified atom stereocenters. The Morgan fingerprint density at radius 2 is 1.80 bits per heavy atom. The monoisotopic (exact) mass is 424 g/mol. The van der Waals surface area contributed by atoms with Gasteiger partial charge in [0.15, 0.2) is 0 Å². The Labute approximate surface area is 169 Å². The van der Waals surface area contributed by atoms with Crippen LogP contribution in [0.5, 0.6) is 0 Å². The van der Waals surface area contributed by atoms with Crippen molar-refractivity contribution in [2.24, 2.45) is 5.41 Å². The lowest BCUT2D eigenvalue weighted by Gasteiger charge is -2.60. The van der Waals surface area contributed by atoms with Crippen molar-refractivity contribution in [3.63, 3.8) is 0 Å². The maximum absolute atomic E-state index is 12.6.